The molecule has 3 rings (SSSR count). The van der Waals surface area contributed by atoms with E-state index in [1.165, 1.54) is 5.56 Å². The monoisotopic (exact) mass is 349 g/mol. The quantitative estimate of drug-likeness (QED) is 0.836. The van der Waals surface area contributed by atoms with Crippen molar-refractivity contribution in [1.82, 2.24) is 4.90 Å². The molecule has 0 aliphatic carbocycles. The summed E-state index contributed by atoms with van der Waals surface area (Å²) in [5, 5.41) is 17.6. The van der Waals surface area contributed by atoms with Gasteiger partial charge in [0.05, 0.1) is 32.5 Å². The molecule has 2 N–H and O–H groups in total. The topological polar surface area (TPSA) is 79.2 Å². The predicted octanol–water partition coefficient (Wildman–Crippen LogP) is 1.24. The lowest BCUT2D eigenvalue weighted by Gasteiger charge is -2.50. The Balaban J connectivity index is 0.000000256. The summed E-state index contributed by atoms with van der Waals surface area (Å²) in [6.45, 7) is 2.67. The second-order valence-corrected chi connectivity index (χ2v) is 5.58. The van der Waals surface area contributed by atoms with Crippen molar-refractivity contribution in [3.8, 4) is 0 Å². The maximum absolute atomic E-state index is 10.6. The van der Waals surface area contributed by atoms with E-state index in [1.807, 2.05) is 18.2 Å². The highest BCUT2D eigenvalue weighted by atomic mass is 19.4. The van der Waals surface area contributed by atoms with Gasteiger partial charge in [-0.05, 0) is 5.56 Å². The molecule has 0 amide bonds. The van der Waals surface area contributed by atoms with Crippen molar-refractivity contribution in [3.05, 3.63) is 35.9 Å². The number of aliphatic carboxylic acids is 1. The van der Waals surface area contributed by atoms with Crippen molar-refractivity contribution in [3.63, 3.8) is 0 Å². The molecule has 0 atom stereocenters. The number of fused-ring (bicyclic) bond motifs is 2. The largest absolute Gasteiger partial charge is 0.490 e. The smallest absolute Gasteiger partial charge is 0.475 e. The second kappa shape index (κ2) is 7.47. The number of carbonyl (C=O) groups is 1. The molecule has 2 heterocycles. The maximum Gasteiger partial charge on any atom is 0.490 e. The number of morpholine rings is 2. The predicted molar refractivity (Wildman–Crippen MR) is 76.1 cm³/mol. The first-order valence-corrected chi connectivity index (χ1v) is 7.21. The molecular weight excluding hydrogens is 331 g/mol. The Kier molecular flexibility index (Phi) is 5.81. The summed E-state index contributed by atoms with van der Waals surface area (Å²) < 4.78 is 42.6. The van der Waals surface area contributed by atoms with Crippen LogP contribution in [0.5, 0.6) is 0 Å². The first-order chi connectivity index (χ1) is 11.2. The first-order valence-electron chi connectivity index (χ1n) is 7.21. The van der Waals surface area contributed by atoms with Gasteiger partial charge in [-0.2, -0.15) is 13.2 Å². The lowest BCUT2D eigenvalue weighted by molar-refractivity contribution is -0.277. The van der Waals surface area contributed by atoms with Crippen LogP contribution in [0, 0.1) is 0 Å². The lowest BCUT2D eigenvalue weighted by atomic mass is 10.0. The van der Waals surface area contributed by atoms with Gasteiger partial charge in [-0.25, -0.2) is 4.79 Å². The van der Waals surface area contributed by atoms with Gasteiger partial charge in [0, 0.05) is 6.54 Å². The van der Waals surface area contributed by atoms with Crippen molar-refractivity contribution in [2.75, 3.05) is 26.4 Å². The third-order valence-electron chi connectivity index (χ3n) is 3.70. The molecule has 0 radical (unpaired) electrons. The Bertz CT molecular complexity index is 542. The number of alkyl halides is 3. The van der Waals surface area contributed by atoms with Gasteiger partial charge in [0.2, 0.25) is 0 Å². The van der Waals surface area contributed by atoms with Crippen LogP contribution in [0.4, 0.5) is 13.2 Å². The van der Waals surface area contributed by atoms with E-state index in [2.05, 4.69) is 17.0 Å². The summed E-state index contributed by atoms with van der Waals surface area (Å²) in [6, 6.07) is 10.4. The minimum absolute atomic E-state index is 0.155. The van der Waals surface area contributed by atoms with Crippen molar-refractivity contribution in [2.45, 2.75) is 24.5 Å². The molecule has 1 aromatic rings. The van der Waals surface area contributed by atoms with Crippen LogP contribution >= 0.6 is 0 Å². The number of carboxylic acids is 1. The summed E-state index contributed by atoms with van der Waals surface area (Å²) >= 11 is 0. The molecular formula is C15H18F3NO5. The van der Waals surface area contributed by atoms with Crippen LogP contribution in [0.15, 0.2) is 30.3 Å². The molecule has 0 saturated carbocycles. The normalized spacial score (nSPS) is 27.1. The van der Waals surface area contributed by atoms with Gasteiger partial charge in [-0.1, -0.05) is 30.3 Å². The molecule has 24 heavy (non-hydrogen) atoms. The number of hydrogen-bond acceptors (Lipinski definition) is 5. The fraction of sp³-hybridized carbons (Fsp3) is 0.533. The maximum atomic E-state index is 10.6. The molecule has 2 saturated heterocycles. The summed E-state index contributed by atoms with van der Waals surface area (Å²) in [5.41, 5.74) is 0.247. The third kappa shape index (κ3) is 4.67. The standard InChI is InChI=1S/C13H17NO3.C2HF3O2/c15-13-9-16-7-12(8-17-10-13)14(13)6-11-4-2-1-3-5-11;3-2(4,5)1(6)7/h1-5,12,15H,6-10H2;(H,6,7). The fourth-order valence-corrected chi connectivity index (χ4v) is 2.55. The number of nitrogens with zero attached hydrogens (tertiary/aromatic N) is 1. The SMILES string of the molecule is O=C(O)C(F)(F)F.OC12COCC(COC1)N2Cc1ccccc1. The van der Waals surface area contributed by atoms with Crippen molar-refractivity contribution in [2.24, 2.45) is 0 Å². The Morgan fingerprint density at radius 3 is 2.12 bits per heavy atom. The van der Waals surface area contributed by atoms with Gasteiger partial charge in [0.1, 0.15) is 0 Å². The Labute approximate surface area is 136 Å². The highest BCUT2D eigenvalue weighted by molar-refractivity contribution is 5.73. The molecule has 0 spiro atoms. The van der Waals surface area contributed by atoms with Crippen LogP contribution in [0.25, 0.3) is 0 Å². The van der Waals surface area contributed by atoms with E-state index in [9.17, 15) is 18.3 Å². The number of benzene rings is 1. The third-order valence-corrected chi connectivity index (χ3v) is 3.70. The number of ether oxygens (including phenoxy) is 2. The molecule has 0 unspecified atom stereocenters. The molecule has 1 aromatic carbocycles. The highest BCUT2D eigenvalue weighted by Crippen LogP contribution is 2.28. The number of aliphatic hydroxyl groups is 1. The molecule has 2 aliphatic heterocycles. The van der Waals surface area contributed by atoms with Gasteiger partial charge in [-0.15, -0.1) is 0 Å². The van der Waals surface area contributed by atoms with Gasteiger partial charge < -0.3 is 19.7 Å². The molecule has 134 valence electrons. The number of carboxylic acid groups (broad SMARTS) is 1. The van der Waals surface area contributed by atoms with Crippen LogP contribution in [0.2, 0.25) is 0 Å². The van der Waals surface area contributed by atoms with Gasteiger partial charge >= 0.3 is 12.1 Å². The van der Waals surface area contributed by atoms with Crippen LogP contribution in [0.3, 0.4) is 0 Å². The zero-order valence-corrected chi connectivity index (χ0v) is 12.7. The average molecular weight is 349 g/mol. The second-order valence-electron chi connectivity index (χ2n) is 5.58. The Morgan fingerprint density at radius 2 is 1.71 bits per heavy atom. The molecule has 0 aromatic heterocycles. The van der Waals surface area contributed by atoms with Crippen LogP contribution in [-0.2, 0) is 20.8 Å². The average Bonchev–Trinajstić information content (AvgIpc) is 2.49. The summed E-state index contributed by atoms with van der Waals surface area (Å²) in [4.78, 5) is 11.0. The van der Waals surface area contributed by atoms with Crippen LogP contribution < -0.4 is 0 Å². The van der Waals surface area contributed by atoms with Crippen molar-refractivity contribution < 1.29 is 37.7 Å². The number of rotatable bonds is 2. The summed E-state index contributed by atoms with van der Waals surface area (Å²) in [7, 11) is 0. The Morgan fingerprint density at radius 1 is 1.21 bits per heavy atom. The van der Waals surface area contributed by atoms with E-state index in [0.29, 0.717) is 26.4 Å². The van der Waals surface area contributed by atoms with Crippen molar-refractivity contribution in [1.29, 1.82) is 0 Å². The molecule has 2 fully saturated rings. The Hall–Kier alpha value is -1.68. The van der Waals surface area contributed by atoms with Gasteiger partial charge in [0.25, 0.3) is 0 Å². The van der Waals surface area contributed by atoms with E-state index in [4.69, 9.17) is 19.4 Å². The van der Waals surface area contributed by atoms with E-state index < -0.39 is 17.9 Å². The lowest BCUT2D eigenvalue weighted by Crippen LogP contribution is -2.67. The molecule has 2 aliphatic rings. The number of halogens is 3. The first kappa shape index (κ1) is 18.7. The van der Waals surface area contributed by atoms with E-state index in [0.717, 1.165) is 6.54 Å². The van der Waals surface area contributed by atoms with E-state index in [-0.39, 0.29) is 6.04 Å². The van der Waals surface area contributed by atoms with Crippen molar-refractivity contribution >= 4 is 5.97 Å². The van der Waals surface area contributed by atoms with Gasteiger partial charge in [-0.3, -0.25) is 4.90 Å². The molecule has 2 bridgehead atoms. The summed E-state index contributed by atoms with van der Waals surface area (Å²) in [5.74, 6) is -2.76. The zero-order valence-electron chi connectivity index (χ0n) is 12.7. The van der Waals surface area contributed by atoms with Gasteiger partial charge in [0.15, 0.2) is 5.72 Å². The minimum Gasteiger partial charge on any atom is -0.475 e. The van der Waals surface area contributed by atoms with Crippen LogP contribution in [0.1, 0.15) is 5.56 Å². The van der Waals surface area contributed by atoms with E-state index >= 15 is 0 Å². The zero-order chi connectivity index (χ0) is 17.8. The highest BCUT2D eigenvalue weighted by Gasteiger charge is 2.46. The fourth-order valence-electron chi connectivity index (χ4n) is 2.55. The number of hydrogen-bond donors (Lipinski definition) is 2. The molecule has 6 nitrogen and oxygen atoms in total. The van der Waals surface area contributed by atoms with E-state index in [1.54, 1.807) is 0 Å². The summed E-state index contributed by atoms with van der Waals surface area (Å²) in [6.07, 6.45) is -5.08. The minimum atomic E-state index is -5.08. The molecule has 9 heteroatoms. The van der Waals surface area contributed by atoms with Crippen LogP contribution in [-0.4, -0.2) is 65.5 Å².